The lowest BCUT2D eigenvalue weighted by atomic mass is 10.2. The number of amides is 1. The van der Waals surface area contributed by atoms with E-state index in [0.29, 0.717) is 23.5 Å². The predicted octanol–water partition coefficient (Wildman–Crippen LogP) is 1.91. The van der Waals surface area contributed by atoms with E-state index in [9.17, 15) is 4.79 Å². The number of methoxy groups -OCH3 is 1. The van der Waals surface area contributed by atoms with Crippen molar-refractivity contribution in [3.05, 3.63) is 53.3 Å². The molecule has 104 valence electrons. The molecule has 0 radical (unpaired) electrons. The van der Waals surface area contributed by atoms with Crippen molar-refractivity contribution in [2.45, 2.75) is 13.5 Å². The van der Waals surface area contributed by atoms with Crippen LogP contribution in [0.3, 0.4) is 0 Å². The first-order valence-corrected chi connectivity index (χ1v) is 6.23. The predicted molar refractivity (Wildman–Crippen MR) is 77.6 cm³/mol. The lowest BCUT2D eigenvalue weighted by Crippen LogP contribution is -2.23. The highest BCUT2D eigenvalue weighted by Crippen LogP contribution is 2.21. The summed E-state index contributed by atoms with van der Waals surface area (Å²) in [5.74, 6) is 0.467. The third kappa shape index (κ3) is 3.26. The third-order valence-corrected chi connectivity index (χ3v) is 2.92. The molecule has 1 aromatic carbocycles. The second-order valence-corrected chi connectivity index (χ2v) is 4.45. The Balaban J connectivity index is 1.99. The van der Waals surface area contributed by atoms with Gasteiger partial charge in [-0.25, -0.2) is 0 Å². The van der Waals surface area contributed by atoms with Crippen LogP contribution in [0.15, 0.2) is 36.5 Å². The Morgan fingerprint density at radius 3 is 2.75 bits per heavy atom. The molecular weight excluding hydrogens is 254 g/mol. The van der Waals surface area contributed by atoms with Crippen molar-refractivity contribution in [3.8, 4) is 5.75 Å². The molecule has 3 N–H and O–H groups in total. The Bertz CT molecular complexity index is 609. The van der Waals surface area contributed by atoms with Gasteiger partial charge in [-0.1, -0.05) is 6.07 Å². The largest absolute Gasteiger partial charge is 0.495 e. The zero-order valence-corrected chi connectivity index (χ0v) is 11.5. The monoisotopic (exact) mass is 271 g/mol. The molecule has 0 aliphatic heterocycles. The standard InChI is InChI=1S/C15H17N3O2/c1-10-3-5-12(9-17-10)15(19)18-8-11-4-6-14(20-2)13(16)7-11/h3-7,9H,8,16H2,1-2H3,(H,18,19). The maximum atomic E-state index is 11.9. The first-order chi connectivity index (χ1) is 9.60. The van der Waals surface area contributed by atoms with Gasteiger partial charge in [-0.2, -0.15) is 0 Å². The van der Waals surface area contributed by atoms with E-state index in [1.807, 2.05) is 13.0 Å². The van der Waals surface area contributed by atoms with Crippen molar-refractivity contribution < 1.29 is 9.53 Å². The molecule has 0 saturated carbocycles. The maximum Gasteiger partial charge on any atom is 0.253 e. The molecule has 0 atom stereocenters. The molecule has 0 bridgehead atoms. The summed E-state index contributed by atoms with van der Waals surface area (Å²) in [5, 5.41) is 2.82. The number of nitrogens with one attached hydrogen (secondary N) is 1. The quantitative estimate of drug-likeness (QED) is 0.833. The Kier molecular flexibility index (Phi) is 4.20. The normalized spacial score (nSPS) is 10.1. The minimum absolute atomic E-state index is 0.160. The van der Waals surface area contributed by atoms with Crippen LogP contribution in [-0.2, 0) is 6.54 Å². The number of hydrogen-bond acceptors (Lipinski definition) is 4. The molecule has 0 unspecified atom stereocenters. The van der Waals surface area contributed by atoms with E-state index >= 15 is 0 Å². The Labute approximate surface area is 117 Å². The molecule has 5 heteroatoms. The lowest BCUT2D eigenvalue weighted by Gasteiger charge is -2.08. The molecule has 0 aliphatic carbocycles. The highest BCUT2D eigenvalue weighted by Gasteiger charge is 2.06. The SMILES string of the molecule is COc1ccc(CNC(=O)c2ccc(C)nc2)cc1N. The number of pyridine rings is 1. The number of hydrogen-bond donors (Lipinski definition) is 2. The average Bonchev–Trinajstić information content (AvgIpc) is 2.45. The number of rotatable bonds is 4. The van der Waals surface area contributed by atoms with Gasteiger partial charge in [0.05, 0.1) is 18.4 Å². The summed E-state index contributed by atoms with van der Waals surface area (Å²) in [4.78, 5) is 16.0. The van der Waals surface area contributed by atoms with Gasteiger partial charge in [0.2, 0.25) is 0 Å². The number of benzene rings is 1. The summed E-state index contributed by atoms with van der Waals surface area (Å²) in [5.41, 5.74) is 8.70. The van der Waals surface area contributed by atoms with Gasteiger partial charge >= 0.3 is 0 Å². The summed E-state index contributed by atoms with van der Waals surface area (Å²) in [6.45, 7) is 2.28. The van der Waals surface area contributed by atoms with Crippen molar-refractivity contribution in [2.75, 3.05) is 12.8 Å². The number of aryl methyl sites for hydroxylation is 1. The van der Waals surface area contributed by atoms with Gasteiger partial charge in [0, 0.05) is 18.4 Å². The molecule has 1 aromatic heterocycles. The maximum absolute atomic E-state index is 11.9. The first kappa shape index (κ1) is 13.9. The van der Waals surface area contributed by atoms with Crippen LogP contribution in [0.4, 0.5) is 5.69 Å². The molecule has 0 fully saturated rings. The zero-order valence-electron chi connectivity index (χ0n) is 11.5. The van der Waals surface area contributed by atoms with E-state index in [1.165, 1.54) is 0 Å². The second-order valence-electron chi connectivity index (χ2n) is 4.45. The summed E-state index contributed by atoms with van der Waals surface area (Å²) in [7, 11) is 1.57. The van der Waals surface area contributed by atoms with Crippen molar-refractivity contribution in [1.82, 2.24) is 10.3 Å². The second kappa shape index (κ2) is 6.06. The number of nitrogen functional groups attached to an aromatic ring is 1. The molecule has 2 rings (SSSR count). The van der Waals surface area contributed by atoms with E-state index in [1.54, 1.807) is 37.6 Å². The van der Waals surface area contributed by atoms with Crippen LogP contribution in [0.5, 0.6) is 5.75 Å². The van der Waals surface area contributed by atoms with Gasteiger partial charge in [0.15, 0.2) is 0 Å². The van der Waals surface area contributed by atoms with E-state index in [2.05, 4.69) is 10.3 Å². The minimum Gasteiger partial charge on any atom is -0.495 e. The number of anilines is 1. The molecule has 1 amide bonds. The highest BCUT2D eigenvalue weighted by molar-refractivity contribution is 5.93. The van der Waals surface area contributed by atoms with Gasteiger partial charge in [0.25, 0.3) is 5.91 Å². The van der Waals surface area contributed by atoms with Crippen molar-refractivity contribution >= 4 is 11.6 Å². The minimum atomic E-state index is -0.160. The van der Waals surface area contributed by atoms with Gasteiger partial charge in [-0.3, -0.25) is 9.78 Å². The highest BCUT2D eigenvalue weighted by atomic mass is 16.5. The van der Waals surface area contributed by atoms with E-state index in [0.717, 1.165) is 11.3 Å². The van der Waals surface area contributed by atoms with Crippen molar-refractivity contribution in [3.63, 3.8) is 0 Å². The van der Waals surface area contributed by atoms with E-state index in [4.69, 9.17) is 10.5 Å². The lowest BCUT2D eigenvalue weighted by molar-refractivity contribution is 0.0950. The number of nitrogens with zero attached hydrogens (tertiary/aromatic N) is 1. The fraction of sp³-hybridized carbons (Fsp3) is 0.200. The summed E-state index contributed by atoms with van der Waals surface area (Å²) in [6, 6.07) is 8.99. The fourth-order valence-electron chi connectivity index (χ4n) is 1.78. The van der Waals surface area contributed by atoms with Crippen molar-refractivity contribution in [1.29, 1.82) is 0 Å². The zero-order chi connectivity index (χ0) is 14.5. The van der Waals surface area contributed by atoms with Crippen LogP contribution in [0.1, 0.15) is 21.6 Å². The Morgan fingerprint density at radius 1 is 1.35 bits per heavy atom. The summed E-state index contributed by atoms with van der Waals surface area (Å²) < 4.78 is 5.09. The molecule has 2 aromatic rings. The Morgan fingerprint density at radius 2 is 2.15 bits per heavy atom. The van der Waals surface area contributed by atoms with Gasteiger partial charge in [-0.05, 0) is 36.8 Å². The number of carbonyl (C=O) groups is 1. The topological polar surface area (TPSA) is 77.2 Å². The van der Waals surface area contributed by atoms with Crippen LogP contribution in [0.25, 0.3) is 0 Å². The molecule has 1 heterocycles. The van der Waals surface area contributed by atoms with Gasteiger partial charge < -0.3 is 15.8 Å². The molecule has 0 spiro atoms. The summed E-state index contributed by atoms with van der Waals surface area (Å²) in [6.07, 6.45) is 1.56. The van der Waals surface area contributed by atoms with Gasteiger partial charge in [-0.15, -0.1) is 0 Å². The van der Waals surface area contributed by atoms with Crippen LogP contribution in [0.2, 0.25) is 0 Å². The van der Waals surface area contributed by atoms with Crippen LogP contribution in [-0.4, -0.2) is 18.0 Å². The smallest absolute Gasteiger partial charge is 0.253 e. The number of aromatic nitrogens is 1. The van der Waals surface area contributed by atoms with Crippen LogP contribution in [0, 0.1) is 6.92 Å². The molecule has 0 aliphatic rings. The molecule has 0 saturated heterocycles. The first-order valence-electron chi connectivity index (χ1n) is 6.23. The Hall–Kier alpha value is -2.56. The number of nitrogens with two attached hydrogens (primary N) is 1. The third-order valence-electron chi connectivity index (χ3n) is 2.92. The van der Waals surface area contributed by atoms with Crippen LogP contribution < -0.4 is 15.8 Å². The molecule has 5 nitrogen and oxygen atoms in total. The summed E-state index contributed by atoms with van der Waals surface area (Å²) >= 11 is 0. The van der Waals surface area contributed by atoms with Crippen LogP contribution >= 0.6 is 0 Å². The fourth-order valence-corrected chi connectivity index (χ4v) is 1.78. The van der Waals surface area contributed by atoms with Crippen molar-refractivity contribution in [2.24, 2.45) is 0 Å². The average molecular weight is 271 g/mol. The molecular formula is C15H17N3O2. The van der Waals surface area contributed by atoms with E-state index in [-0.39, 0.29) is 5.91 Å². The van der Waals surface area contributed by atoms with E-state index < -0.39 is 0 Å². The number of ether oxygens (including phenoxy) is 1. The molecule has 20 heavy (non-hydrogen) atoms. The van der Waals surface area contributed by atoms with Gasteiger partial charge in [0.1, 0.15) is 5.75 Å². The number of carbonyl (C=O) groups excluding carboxylic acids is 1.